The van der Waals surface area contributed by atoms with Gasteiger partial charge in [-0.25, -0.2) is 14.8 Å². The second-order valence-electron chi connectivity index (χ2n) is 5.90. The minimum absolute atomic E-state index is 0.276. The molecule has 1 unspecified atom stereocenters. The molecule has 6 nitrogen and oxygen atoms in total. The Morgan fingerprint density at radius 2 is 1.92 bits per heavy atom. The molecule has 2 aromatic rings. The van der Waals surface area contributed by atoms with E-state index in [0.29, 0.717) is 24.4 Å². The normalized spacial score (nSPS) is 13.1. The van der Waals surface area contributed by atoms with Crippen LogP contribution in [-0.4, -0.2) is 32.5 Å². The predicted octanol–water partition coefficient (Wildman–Crippen LogP) is 2.83. The van der Waals surface area contributed by atoms with Crippen LogP contribution in [0.4, 0.5) is 0 Å². The van der Waals surface area contributed by atoms with Crippen molar-refractivity contribution in [1.29, 1.82) is 0 Å². The van der Waals surface area contributed by atoms with Gasteiger partial charge < -0.3 is 10.4 Å². The first kappa shape index (κ1) is 17.6. The van der Waals surface area contributed by atoms with Gasteiger partial charge in [0, 0.05) is 11.8 Å². The number of carboxylic acid groups (broad SMARTS) is 1. The van der Waals surface area contributed by atoms with Crippen LogP contribution in [0.25, 0.3) is 11.4 Å². The summed E-state index contributed by atoms with van der Waals surface area (Å²) >= 11 is 0. The van der Waals surface area contributed by atoms with Crippen LogP contribution in [0.3, 0.4) is 0 Å². The van der Waals surface area contributed by atoms with E-state index in [9.17, 15) is 14.7 Å². The van der Waals surface area contributed by atoms with Crippen LogP contribution in [0, 0.1) is 6.92 Å². The molecule has 24 heavy (non-hydrogen) atoms. The lowest BCUT2D eigenvalue weighted by atomic mass is 9.95. The molecule has 0 radical (unpaired) electrons. The van der Waals surface area contributed by atoms with E-state index in [1.54, 1.807) is 6.92 Å². The fourth-order valence-electron chi connectivity index (χ4n) is 2.46. The van der Waals surface area contributed by atoms with Crippen molar-refractivity contribution in [3.63, 3.8) is 0 Å². The average Bonchev–Trinajstić information content (AvgIpc) is 2.55. The third kappa shape index (κ3) is 3.76. The molecule has 1 amide bonds. The lowest BCUT2D eigenvalue weighted by Gasteiger charge is -2.26. The number of aryl methyl sites for hydroxylation is 1. The van der Waals surface area contributed by atoms with Gasteiger partial charge in [0.05, 0.1) is 11.3 Å². The highest BCUT2D eigenvalue weighted by atomic mass is 16.4. The highest BCUT2D eigenvalue weighted by Crippen LogP contribution is 2.18. The highest BCUT2D eigenvalue weighted by Gasteiger charge is 2.34. The molecule has 6 heteroatoms. The SMILES string of the molecule is CCCC(C)(NC(=O)c1cnc(-c2ccccc2)nc1C)C(=O)O. The molecule has 126 valence electrons. The van der Waals surface area contributed by atoms with E-state index in [1.807, 2.05) is 37.3 Å². The number of aromatic nitrogens is 2. The van der Waals surface area contributed by atoms with Crippen molar-refractivity contribution < 1.29 is 14.7 Å². The summed E-state index contributed by atoms with van der Waals surface area (Å²) in [5.41, 5.74) is 0.328. The van der Waals surface area contributed by atoms with Gasteiger partial charge in [-0.15, -0.1) is 0 Å². The molecule has 0 bridgehead atoms. The van der Waals surface area contributed by atoms with E-state index in [4.69, 9.17) is 0 Å². The Morgan fingerprint density at radius 3 is 2.46 bits per heavy atom. The van der Waals surface area contributed by atoms with E-state index in [2.05, 4.69) is 15.3 Å². The molecular weight excluding hydrogens is 306 g/mol. The molecule has 1 atom stereocenters. The molecule has 1 heterocycles. The third-order valence-corrected chi connectivity index (χ3v) is 3.87. The summed E-state index contributed by atoms with van der Waals surface area (Å²) in [6.07, 6.45) is 2.43. The van der Waals surface area contributed by atoms with Crippen LogP contribution < -0.4 is 5.32 Å². The van der Waals surface area contributed by atoms with Gasteiger partial charge in [0.1, 0.15) is 5.54 Å². The van der Waals surface area contributed by atoms with Crippen molar-refractivity contribution in [3.05, 3.63) is 47.8 Å². The maximum absolute atomic E-state index is 12.5. The van der Waals surface area contributed by atoms with Gasteiger partial charge >= 0.3 is 5.97 Å². The van der Waals surface area contributed by atoms with E-state index in [0.717, 1.165) is 5.56 Å². The van der Waals surface area contributed by atoms with Gasteiger partial charge in [-0.2, -0.15) is 0 Å². The number of nitrogens with one attached hydrogen (secondary N) is 1. The molecular formula is C18H21N3O3. The Labute approximate surface area is 141 Å². The molecule has 2 rings (SSSR count). The number of carboxylic acids is 1. The lowest BCUT2D eigenvalue weighted by molar-refractivity contribution is -0.144. The molecule has 1 aromatic heterocycles. The number of benzene rings is 1. The van der Waals surface area contributed by atoms with Crippen molar-refractivity contribution in [2.24, 2.45) is 0 Å². The van der Waals surface area contributed by atoms with Crippen molar-refractivity contribution in [3.8, 4) is 11.4 Å². The summed E-state index contributed by atoms with van der Waals surface area (Å²) < 4.78 is 0. The van der Waals surface area contributed by atoms with Crippen molar-refractivity contribution in [2.75, 3.05) is 0 Å². The van der Waals surface area contributed by atoms with Crippen molar-refractivity contribution >= 4 is 11.9 Å². The molecule has 0 spiro atoms. The molecule has 0 aliphatic heterocycles. The topological polar surface area (TPSA) is 92.2 Å². The van der Waals surface area contributed by atoms with Crippen LogP contribution in [0.1, 0.15) is 42.7 Å². The van der Waals surface area contributed by atoms with Crippen LogP contribution in [-0.2, 0) is 4.79 Å². The molecule has 2 N–H and O–H groups in total. The van der Waals surface area contributed by atoms with Gasteiger partial charge in [-0.3, -0.25) is 4.79 Å². The monoisotopic (exact) mass is 327 g/mol. The Bertz CT molecular complexity index is 746. The summed E-state index contributed by atoms with van der Waals surface area (Å²) in [5.74, 6) is -1.01. The fraction of sp³-hybridized carbons (Fsp3) is 0.333. The number of aliphatic carboxylic acids is 1. The van der Waals surface area contributed by atoms with Gasteiger partial charge in [-0.1, -0.05) is 43.7 Å². The van der Waals surface area contributed by atoms with Crippen molar-refractivity contribution in [2.45, 2.75) is 39.2 Å². The molecule has 0 fully saturated rings. The standard InChI is InChI=1S/C18H21N3O3/c1-4-10-18(3,17(23)24)21-16(22)14-11-19-15(20-12(14)2)13-8-6-5-7-9-13/h5-9,11H,4,10H2,1-3H3,(H,21,22)(H,23,24). The Balaban J connectivity index is 2.26. The molecule has 1 aromatic carbocycles. The first-order chi connectivity index (χ1) is 11.4. The molecule has 0 aliphatic rings. The number of hydrogen-bond acceptors (Lipinski definition) is 4. The summed E-state index contributed by atoms with van der Waals surface area (Å²) in [6, 6.07) is 9.45. The van der Waals surface area contributed by atoms with Gasteiger partial charge in [-0.05, 0) is 20.3 Å². The third-order valence-electron chi connectivity index (χ3n) is 3.87. The number of carbonyl (C=O) groups excluding carboxylic acids is 1. The average molecular weight is 327 g/mol. The van der Waals surface area contributed by atoms with E-state index < -0.39 is 17.4 Å². The summed E-state index contributed by atoms with van der Waals surface area (Å²) in [4.78, 5) is 32.5. The molecule has 0 aliphatic carbocycles. The smallest absolute Gasteiger partial charge is 0.329 e. The second-order valence-corrected chi connectivity index (χ2v) is 5.90. The van der Waals surface area contributed by atoms with Gasteiger partial charge in [0.25, 0.3) is 5.91 Å². The minimum Gasteiger partial charge on any atom is -0.480 e. The van der Waals surface area contributed by atoms with Crippen molar-refractivity contribution in [1.82, 2.24) is 15.3 Å². The van der Waals surface area contributed by atoms with Gasteiger partial charge in [0.2, 0.25) is 0 Å². The van der Waals surface area contributed by atoms with E-state index >= 15 is 0 Å². The second kappa shape index (κ2) is 7.21. The summed E-state index contributed by atoms with van der Waals surface area (Å²) in [7, 11) is 0. The minimum atomic E-state index is -1.31. The molecule has 0 saturated heterocycles. The number of carbonyl (C=O) groups is 2. The first-order valence-corrected chi connectivity index (χ1v) is 7.82. The number of hydrogen-bond donors (Lipinski definition) is 2. The lowest BCUT2D eigenvalue weighted by Crippen LogP contribution is -2.52. The largest absolute Gasteiger partial charge is 0.480 e. The van der Waals surface area contributed by atoms with Crippen LogP contribution >= 0.6 is 0 Å². The van der Waals surface area contributed by atoms with Crippen LogP contribution in [0.2, 0.25) is 0 Å². The van der Waals surface area contributed by atoms with E-state index in [-0.39, 0.29) is 5.56 Å². The zero-order valence-corrected chi connectivity index (χ0v) is 14.0. The van der Waals surface area contributed by atoms with E-state index in [1.165, 1.54) is 13.1 Å². The number of nitrogens with zero attached hydrogens (tertiary/aromatic N) is 2. The quantitative estimate of drug-likeness (QED) is 0.851. The highest BCUT2D eigenvalue weighted by molar-refractivity contribution is 5.98. The Kier molecular flexibility index (Phi) is 5.28. The Morgan fingerprint density at radius 1 is 1.25 bits per heavy atom. The van der Waals surface area contributed by atoms with Crippen LogP contribution in [0.5, 0.6) is 0 Å². The maximum Gasteiger partial charge on any atom is 0.329 e. The first-order valence-electron chi connectivity index (χ1n) is 7.82. The zero-order chi connectivity index (χ0) is 17.7. The van der Waals surface area contributed by atoms with Crippen LogP contribution in [0.15, 0.2) is 36.5 Å². The number of amides is 1. The predicted molar refractivity (Wildman–Crippen MR) is 90.6 cm³/mol. The summed E-state index contributed by atoms with van der Waals surface area (Å²) in [6.45, 7) is 5.09. The number of rotatable bonds is 6. The maximum atomic E-state index is 12.5. The Hall–Kier alpha value is -2.76. The zero-order valence-electron chi connectivity index (χ0n) is 14.0. The molecule has 0 saturated carbocycles. The van der Waals surface area contributed by atoms with Gasteiger partial charge in [0.15, 0.2) is 5.82 Å². The fourth-order valence-corrected chi connectivity index (χ4v) is 2.46. The summed E-state index contributed by atoms with van der Waals surface area (Å²) in [5, 5.41) is 12.0.